The number of H-pyrrole nitrogens is 1. The van der Waals surface area contributed by atoms with Crippen LogP contribution in [-0.2, 0) is 14.3 Å². The number of carbonyl (C=O) groups excluding carboxylic acids is 4. The summed E-state index contributed by atoms with van der Waals surface area (Å²) in [6.45, 7) is 8.08. The fourth-order valence-electron chi connectivity index (χ4n) is 3.50. The van der Waals surface area contributed by atoms with Crippen LogP contribution in [0.15, 0.2) is 18.2 Å². The van der Waals surface area contributed by atoms with Crippen LogP contribution in [0, 0.1) is 19.8 Å². The molecule has 190 valence electrons. The van der Waals surface area contributed by atoms with Gasteiger partial charge in [0, 0.05) is 17.3 Å². The molecule has 1 unspecified atom stereocenters. The molecule has 10 heteroatoms. The number of ether oxygens (including phenoxy) is 4. The van der Waals surface area contributed by atoms with Crippen molar-refractivity contribution in [1.82, 2.24) is 10.3 Å². The van der Waals surface area contributed by atoms with Gasteiger partial charge >= 0.3 is 11.9 Å². The highest BCUT2D eigenvalue weighted by atomic mass is 16.5. The van der Waals surface area contributed by atoms with E-state index in [1.807, 2.05) is 0 Å². The Labute approximate surface area is 204 Å². The van der Waals surface area contributed by atoms with Gasteiger partial charge in [0.2, 0.25) is 5.78 Å². The van der Waals surface area contributed by atoms with Gasteiger partial charge in [-0.05, 0) is 44.4 Å². The molecular weight excluding hydrogens is 456 g/mol. The van der Waals surface area contributed by atoms with Gasteiger partial charge in [-0.2, -0.15) is 0 Å². The van der Waals surface area contributed by atoms with E-state index in [0.717, 1.165) is 0 Å². The number of rotatable bonds is 11. The fourth-order valence-corrected chi connectivity index (χ4v) is 3.50. The van der Waals surface area contributed by atoms with Crippen LogP contribution in [0.2, 0.25) is 0 Å². The second kappa shape index (κ2) is 12.0. The number of esters is 2. The fraction of sp³-hybridized carbons (Fsp3) is 0.440. The van der Waals surface area contributed by atoms with Crippen LogP contribution < -0.4 is 14.8 Å². The number of hydrogen-bond donors (Lipinski definition) is 2. The molecule has 1 amide bonds. The SMILES string of the molecule is CCOC(=O)c1c(C)[nH]c(C(=O)COC(=O)C(NC(=O)c2cc(OC)cc(OC)c2)C(C)C)c1C. The van der Waals surface area contributed by atoms with E-state index >= 15 is 0 Å². The number of Topliss-reactive ketones (excluding diaryl/α,β-unsaturated/α-hetero) is 1. The first-order valence-corrected chi connectivity index (χ1v) is 11.1. The molecule has 0 aliphatic rings. The third kappa shape index (κ3) is 6.62. The number of carbonyl (C=O) groups is 4. The van der Waals surface area contributed by atoms with Crippen LogP contribution in [0.25, 0.3) is 0 Å². The van der Waals surface area contributed by atoms with Crippen molar-refractivity contribution < 1.29 is 38.1 Å². The number of hydrogen-bond acceptors (Lipinski definition) is 8. The number of nitrogens with one attached hydrogen (secondary N) is 2. The average Bonchev–Trinajstić information content (AvgIpc) is 3.13. The minimum Gasteiger partial charge on any atom is -0.497 e. The maximum atomic E-state index is 12.8. The van der Waals surface area contributed by atoms with E-state index in [2.05, 4.69) is 10.3 Å². The largest absolute Gasteiger partial charge is 0.497 e. The van der Waals surface area contributed by atoms with Crippen molar-refractivity contribution in [1.29, 1.82) is 0 Å². The molecule has 10 nitrogen and oxygen atoms in total. The van der Waals surface area contributed by atoms with Gasteiger partial charge in [-0.3, -0.25) is 9.59 Å². The lowest BCUT2D eigenvalue weighted by Crippen LogP contribution is -2.45. The number of benzene rings is 1. The van der Waals surface area contributed by atoms with Crippen molar-refractivity contribution in [2.45, 2.75) is 40.7 Å². The predicted molar refractivity (Wildman–Crippen MR) is 127 cm³/mol. The molecule has 0 bridgehead atoms. The number of methoxy groups -OCH3 is 2. The molecule has 0 saturated carbocycles. The van der Waals surface area contributed by atoms with Crippen LogP contribution in [0.3, 0.4) is 0 Å². The van der Waals surface area contributed by atoms with Crippen LogP contribution in [0.5, 0.6) is 11.5 Å². The molecule has 0 fully saturated rings. The lowest BCUT2D eigenvalue weighted by Gasteiger charge is -2.21. The summed E-state index contributed by atoms with van der Waals surface area (Å²) in [6.07, 6.45) is 0. The highest BCUT2D eigenvalue weighted by Crippen LogP contribution is 2.23. The Hall–Kier alpha value is -3.82. The highest BCUT2D eigenvalue weighted by Gasteiger charge is 2.29. The Balaban J connectivity index is 2.12. The Morgan fingerprint density at radius 3 is 2.09 bits per heavy atom. The lowest BCUT2D eigenvalue weighted by molar-refractivity contribution is -0.145. The number of amides is 1. The summed E-state index contributed by atoms with van der Waals surface area (Å²) in [5.41, 5.74) is 1.58. The molecule has 0 radical (unpaired) electrons. The molecule has 0 saturated heterocycles. The molecule has 2 aromatic rings. The van der Waals surface area contributed by atoms with E-state index in [1.54, 1.807) is 40.7 Å². The van der Waals surface area contributed by atoms with Crippen LogP contribution in [0.4, 0.5) is 0 Å². The van der Waals surface area contributed by atoms with Crippen LogP contribution in [0.1, 0.15) is 63.2 Å². The second-order valence-electron chi connectivity index (χ2n) is 8.17. The predicted octanol–water partition coefficient (Wildman–Crippen LogP) is 3.01. The summed E-state index contributed by atoms with van der Waals surface area (Å²) in [7, 11) is 2.93. The summed E-state index contributed by atoms with van der Waals surface area (Å²) < 4.78 is 20.6. The van der Waals surface area contributed by atoms with Gasteiger partial charge in [-0.15, -0.1) is 0 Å². The molecule has 1 atom stereocenters. The molecule has 35 heavy (non-hydrogen) atoms. The van der Waals surface area contributed by atoms with Gasteiger partial charge in [0.25, 0.3) is 5.91 Å². The van der Waals surface area contributed by atoms with Crippen molar-refractivity contribution in [3.63, 3.8) is 0 Å². The van der Waals surface area contributed by atoms with Gasteiger partial charge in [0.05, 0.1) is 32.1 Å². The zero-order chi connectivity index (χ0) is 26.3. The Morgan fingerprint density at radius 1 is 0.971 bits per heavy atom. The Morgan fingerprint density at radius 2 is 1.57 bits per heavy atom. The minimum atomic E-state index is -1.01. The molecule has 0 spiro atoms. The second-order valence-corrected chi connectivity index (χ2v) is 8.17. The lowest BCUT2D eigenvalue weighted by atomic mass is 10.0. The smallest absolute Gasteiger partial charge is 0.340 e. The summed E-state index contributed by atoms with van der Waals surface area (Å²) in [6, 6.07) is 3.64. The van der Waals surface area contributed by atoms with Crippen LogP contribution >= 0.6 is 0 Å². The van der Waals surface area contributed by atoms with Gasteiger partial charge < -0.3 is 29.2 Å². The summed E-state index contributed by atoms with van der Waals surface area (Å²) in [4.78, 5) is 53.3. The standard InChI is InChI=1S/C25H32N2O8/c1-8-34-24(30)20-14(4)22(26-15(20)5)19(28)12-35-25(31)21(13(2)3)27-23(29)16-9-17(32-6)11-18(10-16)33-7/h9-11,13,21,26H,8,12H2,1-7H3,(H,27,29). The van der Waals surface area contributed by atoms with E-state index in [-0.39, 0.29) is 29.3 Å². The van der Waals surface area contributed by atoms with Gasteiger partial charge in [0.1, 0.15) is 17.5 Å². The Kier molecular flexibility index (Phi) is 9.44. The maximum absolute atomic E-state index is 12.8. The van der Waals surface area contributed by atoms with E-state index in [9.17, 15) is 19.2 Å². The molecule has 1 aromatic heterocycles. The van der Waals surface area contributed by atoms with E-state index in [0.29, 0.717) is 22.8 Å². The average molecular weight is 489 g/mol. The van der Waals surface area contributed by atoms with Crippen molar-refractivity contribution in [3.05, 3.63) is 46.3 Å². The summed E-state index contributed by atoms with van der Waals surface area (Å²) >= 11 is 0. The molecule has 0 aliphatic carbocycles. The summed E-state index contributed by atoms with van der Waals surface area (Å²) in [5, 5.41) is 2.65. The molecular formula is C25H32N2O8. The molecule has 2 rings (SSSR count). The van der Waals surface area contributed by atoms with Crippen LogP contribution in [-0.4, -0.2) is 62.1 Å². The van der Waals surface area contributed by atoms with Crippen molar-refractivity contribution in [2.24, 2.45) is 5.92 Å². The van der Waals surface area contributed by atoms with Gasteiger partial charge in [-0.1, -0.05) is 13.8 Å². The topological polar surface area (TPSA) is 133 Å². The monoisotopic (exact) mass is 488 g/mol. The summed E-state index contributed by atoms with van der Waals surface area (Å²) in [5.74, 6) is -1.82. The number of aromatic nitrogens is 1. The van der Waals surface area contributed by atoms with Crippen molar-refractivity contribution >= 4 is 23.6 Å². The molecule has 2 N–H and O–H groups in total. The first-order valence-electron chi connectivity index (χ1n) is 11.1. The molecule has 1 aromatic carbocycles. The number of ketones is 1. The maximum Gasteiger partial charge on any atom is 0.340 e. The number of aryl methyl sites for hydroxylation is 1. The number of aromatic amines is 1. The zero-order valence-corrected chi connectivity index (χ0v) is 21.1. The first kappa shape index (κ1) is 27.4. The minimum absolute atomic E-state index is 0.159. The highest BCUT2D eigenvalue weighted by molar-refractivity contribution is 6.03. The quantitative estimate of drug-likeness (QED) is 0.364. The molecule has 1 heterocycles. The van der Waals surface area contributed by atoms with E-state index < -0.39 is 36.3 Å². The Bertz CT molecular complexity index is 1080. The van der Waals surface area contributed by atoms with Crippen molar-refractivity contribution in [2.75, 3.05) is 27.4 Å². The third-order valence-corrected chi connectivity index (χ3v) is 5.36. The van der Waals surface area contributed by atoms with E-state index in [1.165, 1.54) is 26.4 Å². The first-order chi connectivity index (χ1) is 16.5. The normalized spacial score (nSPS) is 11.5. The zero-order valence-electron chi connectivity index (χ0n) is 21.1. The van der Waals surface area contributed by atoms with Gasteiger partial charge in [-0.25, -0.2) is 9.59 Å². The van der Waals surface area contributed by atoms with Crippen molar-refractivity contribution in [3.8, 4) is 11.5 Å². The van der Waals surface area contributed by atoms with E-state index in [4.69, 9.17) is 18.9 Å². The van der Waals surface area contributed by atoms with Gasteiger partial charge in [0.15, 0.2) is 6.61 Å². The molecule has 0 aliphatic heterocycles. The third-order valence-electron chi connectivity index (χ3n) is 5.36.